The molecule has 4 nitrogen and oxygen atoms in total. The number of fused-ring (bicyclic) bond motifs is 5. The van der Waals surface area contributed by atoms with Crippen molar-refractivity contribution in [1.82, 2.24) is 4.90 Å². The smallest absolute Gasteiger partial charge is 0.233 e. The van der Waals surface area contributed by atoms with Gasteiger partial charge in [0, 0.05) is 45.7 Å². The van der Waals surface area contributed by atoms with Crippen molar-refractivity contribution in [2.45, 2.75) is 6.42 Å². The van der Waals surface area contributed by atoms with Gasteiger partial charge in [0.05, 0.1) is 5.92 Å². The number of amides is 2. The van der Waals surface area contributed by atoms with Crippen molar-refractivity contribution in [1.29, 1.82) is 0 Å². The van der Waals surface area contributed by atoms with Crippen LogP contribution in [-0.4, -0.2) is 30.0 Å². The summed E-state index contributed by atoms with van der Waals surface area (Å²) in [6, 6.07) is 0. The molecule has 1 saturated carbocycles. The number of likely N-dealkylation sites (tertiary alicyclic amines) is 1. The first-order valence-corrected chi connectivity index (χ1v) is 5.01. The summed E-state index contributed by atoms with van der Waals surface area (Å²) >= 11 is 0. The van der Waals surface area contributed by atoms with Crippen molar-refractivity contribution in [2.75, 3.05) is 7.05 Å². The number of imide groups is 1. The van der Waals surface area contributed by atoms with Gasteiger partial charge in [-0.3, -0.25) is 20.8 Å². The number of hydrogen-bond acceptors (Lipinski definition) is 3. The zero-order chi connectivity index (χ0) is 10.8. The Kier molecular flexibility index (Phi) is 2.71. The van der Waals surface area contributed by atoms with E-state index in [0.29, 0.717) is 6.42 Å². The Bertz CT molecular complexity index is 419. The molecule has 0 aromatic carbocycles. The van der Waals surface area contributed by atoms with E-state index in [1.807, 2.05) is 12.4 Å². The Labute approximate surface area is 118 Å². The minimum Gasteiger partial charge on any atom is -0.541 e. The average Bonchev–Trinajstić information content (AvgIpc) is 2.86. The van der Waals surface area contributed by atoms with Gasteiger partial charge in [-0.1, -0.05) is 17.9 Å². The zero-order valence-electron chi connectivity index (χ0n) is 8.84. The molecule has 3 rings (SSSR count). The second-order valence-corrected chi connectivity index (χ2v) is 4.61. The third-order valence-electron chi connectivity index (χ3n) is 3.99. The predicted molar refractivity (Wildman–Crippen MR) is 50.1 cm³/mol. The van der Waals surface area contributed by atoms with E-state index in [4.69, 9.17) is 0 Å². The van der Waals surface area contributed by atoms with Crippen molar-refractivity contribution < 1.29 is 47.1 Å². The van der Waals surface area contributed by atoms with Crippen LogP contribution >= 0.6 is 0 Å². The van der Waals surface area contributed by atoms with Crippen LogP contribution in [0, 0.1) is 23.2 Å². The summed E-state index contributed by atoms with van der Waals surface area (Å²) in [5.41, 5.74) is -0.813. The molecule has 1 heterocycles. The summed E-state index contributed by atoms with van der Waals surface area (Å²) in [5, 5.41) is 0. The Morgan fingerprint density at radius 3 is 2.75 bits per heavy atom. The normalized spacial score (nSPS) is 43.6. The van der Waals surface area contributed by atoms with Crippen molar-refractivity contribution in [3.63, 3.8) is 0 Å². The third-order valence-corrected chi connectivity index (χ3v) is 3.99. The van der Waals surface area contributed by atoms with Gasteiger partial charge in [0.15, 0.2) is 0 Å². The number of carbonyl (C=O) groups is 2. The van der Waals surface area contributed by atoms with E-state index in [0.717, 1.165) is 4.90 Å². The molecule has 0 aromatic heterocycles. The number of allylic oxidation sites excluding steroid dienone is 2. The molecule has 81 valence electrons. The van der Waals surface area contributed by atoms with Crippen LogP contribution < -0.4 is 0 Å². The first kappa shape index (κ1) is 12.1. The summed E-state index contributed by atoms with van der Waals surface area (Å²) in [5.74, 6) is -1.11. The Hall–Kier alpha value is -0.346. The largest absolute Gasteiger partial charge is 0.541 e. The van der Waals surface area contributed by atoms with Crippen LogP contribution in [0.1, 0.15) is 6.42 Å². The molecule has 2 bridgehead atoms. The van der Waals surface area contributed by atoms with Crippen LogP contribution in [-0.2, 0) is 47.1 Å². The average molecular weight is 293 g/mol. The molecule has 4 unspecified atom stereocenters. The Morgan fingerprint density at radius 2 is 2.12 bits per heavy atom. The number of hydrogen-bond donors (Lipinski definition) is 0. The zero-order valence-corrected chi connectivity index (χ0v) is 11.7. The minimum atomic E-state index is -0.813. The molecule has 1 aliphatic heterocycles. The maximum Gasteiger partial charge on any atom is 0.233 e. The molecule has 0 aromatic rings. The van der Waals surface area contributed by atoms with Gasteiger partial charge in [-0.25, -0.2) is 0 Å². The van der Waals surface area contributed by atoms with E-state index in [2.05, 4.69) is 0 Å². The first-order chi connectivity index (χ1) is 7.10. The molecule has 0 spiro atoms. The Balaban J connectivity index is 0.000000963. The van der Waals surface area contributed by atoms with Crippen LogP contribution in [0.3, 0.4) is 0 Å². The SMILES string of the molecule is CN1C(=O)C2C3C=CC([C-]=O)(C3)C2C1=O.[Y]. The van der Waals surface area contributed by atoms with Crippen molar-refractivity contribution >= 4 is 18.1 Å². The van der Waals surface area contributed by atoms with Crippen LogP contribution in [0.5, 0.6) is 0 Å². The summed E-state index contributed by atoms with van der Waals surface area (Å²) < 4.78 is 0. The number of carbonyl (C=O) groups excluding carboxylic acids is 3. The Morgan fingerprint density at radius 1 is 1.44 bits per heavy atom. The maximum absolute atomic E-state index is 11.8. The fourth-order valence-corrected chi connectivity index (χ4v) is 3.25. The molecule has 1 saturated heterocycles. The summed E-state index contributed by atoms with van der Waals surface area (Å²) in [6.07, 6.45) is 6.20. The number of rotatable bonds is 1. The van der Waals surface area contributed by atoms with E-state index in [9.17, 15) is 14.4 Å². The molecule has 2 fully saturated rings. The molecular weight excluding hydrogens is 283 g/mol. The van der Waals surface area contributed by atoms with Gasteiger partial charge in [-0.2, -0.15) is 0 Å². The molecular formula is C11H10NO3Y-. The molecule has 2 aliphatic carbocycles. The minimum absolute atomic E-state index is 0. The molecule has 2 amide bonds. The van der Waals surface area contributed by atoms with E-state index in [1.165, 1.54) is 7.05 Å². The van der Waals surface area contributed by atoms with Crippen LogP contribution in [0.25, 0.3) is 0 Å². The maximum atomic E-state index is 11.8. The van der Waals surface area contributed by atoms with E-state index in [-0.39, 0.29) is 56.4 Å². The standard InChI is InChI=1S/C11H10NO3.Y/c1-12-9(14)7-6-2-3-11(4-6,5-13)8(7)10(12)15;/h2-3,6-8H,4H2,1H3;/q-1;. The molecule has 5 heteroatoms. The van der Waals surface area contributed by atoms with Gasteiger partial charge < -0.3 is 4.79 Å². The van der Waals surface area contributed by atoms with Gasteiger partial charge in [0.2, 0.25) is 11.8 Å². The van der Waals surface area contributed by atoms with Crippen molar-refractivity contribution in [3.8, 4) is 0 Å². The second-order valence-electron chi connectivity index (χ2n) is 4.61. The molecule has 1 radical (unpaired) electrons. The topological polar surface area (TPSA) is 54.5 Å². The summed E-state index contributed by atoms with van der Waals surface area (Å²) in [6.45, 7) is 0. The molecule has 4 atom stereocenters. The van der Waals surface area contributed by atoms with Crippen molar-refractivity contribution in [2.24, 2.45) is 23.2 Å². The van der Waals surface area contributed by atoms with E-state index in [1.54, 1.807) is 6.08 Å². The fraction of sp³-hybridized carbons (Fsp3) is 0.545. The second kappa shape index (κ2) is 3.57. The van der Waals surface area contributed by atoms with Gasteiger partial charge in [0.1, 0.15) is 0 Å². The first-order valence-electron chi connectivity index (χ1n) is 5.01. The molecule has 3 aliphatic rings. The monoisotopic (exact) mass is 293 g/mol. The van der Waals surface area contributed by atoms with Gasteiger partial charge in [0.25, 0.3) is 0 Å². The van der Waals surface area contributed by atoms with Crippen LogP contribution in [0.4, 0.5) is 0 Å². The van der Waals surface area contributed by atoms with E-state index < -0.39 is 11.3 Å². The predicted octanol–water partition coefficient (Wildman–Crippen LogP) is -0.0993. The van der Waals surface area contributed by atoms with Gasteiger partial charge >= 0.3 is 0 Å². The quantitative estimate of drug-likeness (QED) is 0.385. The number of nitrogens with zero attached hydrogens (tertiary/aromatic N) is 1. The van der Waals surface area contributed by atoms with Gasteiger partial charge in [-0.05, 0) is 5.92 Å². The van der Waals surface area contributed by atoms with Crippen LogP contribution in [0.15, 0.2) is 12.2 Å². The molecule has 0 N–H and O–H groups in total. The van der Waals surface area contributed by atoms with E-state index >= 15 is 0 Å². The summed E-state index contributed by atoms with van der Waals surface area (Å²) in [7, 11) is 1.49. The summed E-state index contributed by atoms with van der Waals surface area (Å²) in [4.78, 5) is 35.8. The third kappa shape index (κ3) is 1.15. The molecule has 16 heavy (non-hydrogen) atoms. The van der Waals surface area contributed by atoms with Gasteiger partial charge in [-0.15, -0.1) is 6.08 Å². The van der Waals surface area contributed by atoms with Crippen LogP contribution in [0.2, 0.25) is 0 Å². The fourth-order valence-electron chi connectivity index (χ4n) is 3.25. The van der Waals surface area contributed by atoms with Crippen molar-refractivity contribution in [3.05, 3.63) is 12.2 Å².